The lowest BCUT2D eigenvalue weighted by atomic mass is 10.1. The molecule has 0 aliphatic carbocycles. The molecule has 2 N–H and O–H groups in total. The minimum Gasteiger partial charge on any atom is -0.378 e. The van der Waals surface area contributed by atoms with E-state index in [2.05, 4.69) is 10.5 Å². The highest BCUT2D eigenvalue weighted by molar-refractivity contribution is 5.91. The Bertz CT molecular complexity index is 516. The van der Waals surface area contributed by atoms with Gasteiger partial charge < -0.3 is 9.82 Å². The Morgan fingerprint density at radius 1 is 1.29 bits per heavy atom. The molecule has 0 saturated heterocycles. The van der Waals surface area contributed by atoms with Crippen LogP contribution in [-0.4, -0.2) is 10.9 Å². The molecule has 4 heteroatoms. The second kappa shape index (κ2) is 2.51. The van der Waals surface area contributed by atoms with E-state index in [4.69, 9.17) is 4.84 Å². The van der Waals surface area contributed by atoms with Gasteiger partial charge in [-0.15, -0.1) is 0 Å². The number of carbonyl (C=O) groups excluding carboxylic acids is 1. The normalized spacial score (nSPS) is 14.7. The van der Waals surface area contributed by atoms with Crippen molar-refractivity contribution in [2.45, 2.75) is 6.42 Å². The Morgan fingerprint density at radius 2 is 2.21 bits per heavy atom. The van der Waals surface area contributed by atoms with Crippen LogP contribution in [0, 0.1) is 0 Å². The lowest BCUT2D eigenvalue weighted by molar-refractivity contribution is -0.128. The average molecular weight is 188 g/mol. The zero-order chi connectivity index (χ0) is 9.54. The smallest absolute Gasteiger partial charge is 0.257 e. The number of hydroxylamine groups is 1. The van der Waals surface area contributed by atoms with E-state index >= 15 is 0 Å². The first-order valence-electron chi connectivity index (χ1n) is 4.39. The Labute approximate surface area is 79.8 Å². The van der Waals surface area contributed by atoms with Gasteiger partial charge in [-0.2, -0.15) is 5.48 Å². The van der Waals surface area contributed by atoms with Gasteiger partial charge in [0.15, 0.2) is 5.75 Å². The second-order valence-electron chi connectivity index (χ2n) is 3.30. The monoisotopic (exact) mass is 188 g/mol. The number of rotatable bonds is 0. The average Bonchev–Trinajstić information content (AvgIpc) is 2.65. The number of H-pyrrole nitrogens is 1. The van der Waals surface area contributed by atoms with E-state index in [1.54, 1.807) is 0 Å². The lowest BCUT2D eigenvalue weighted by Crippen LogP contribution is -2.33. The van der Waals surface area contributed by atoms with E-state index in [0.717, 1.165) is 22.2 Å². The molecule has 0 fully saturated rings. The van der Waals surface area contributed by atoms with Gasteiger partial charge in [0.05, 0.1) is 6.42 Å². The van der Waals surface area contributed by atoms with Crippen molar-refractivity contribution >= 4 is 16.8 Å². The van der Waals surface area contributed by atoms with E-state index in [9.17, 15) is 4.79 Å². The van der Waals surface area contributed by atoms with Gasteiger partial charge in [-0.1, -0.05) is 6.07 Å². The van der Waals surface area contributed by atoms with Crippen LogP contribution >= 0.6 is 0 Å². The molecular weight excluding hydrogens is 180 g/mol. The molecule has 1 aliphatic rings. The summed E-state index contributed by atoms with van der Waals surface area (Å²) in [6.45, 7) is 0. The third kappa shape index (κ3) is 0.907. The highest BCUT2D eigenvalue weighted by atomic mass is 16.7. The maximum absolute atomic E-state index is 11.1. The number of amides is 1. The topological polar surface area (TPSA) is 54.1 Å². The summed E-state index contributed by atoms with van der Waals surface area (Å²) in [4.78, 5) is 19.3. The summed E-state index contributed by atoms with van der Waals surface area (Å²) in [6, 6.07) is 5.80. The van der Waals surface area contributed by atoms with Crippen molar-refractivity contribution in [1.82, 2.24) is 10.5 Å². The number of carbonyl (C=O) groups is 1. The molecule has 70 valence electrons. The lowest BCUT2D eigenvalue weighted by Gasteiger charge is -2.17. The van der Waals surface area contributed by atoms with Crippen LogP contribution < -0.4 is 10.3 Å². The SMILES string of the molecule is O=C1Cc2ccc3[nH]ccc3c2ON1. The van der Waals surface area contributed by atoms with Crippen LogP contribution in [0.3, 0.4) is 0 Å². The molecule has 14 heavy (non-hydrogen) atoms. The summed E-state index contributed by atoms with van der Waals surface area (Å²) in [5, 5.41) is 1.00. The van der Waals surface area contributed by atoms with E-state index in [0.29, 0.717) is 6.42 Å². The van der Waals surface area contributed by atoms with Gasteiger partial charge in [0.25, 0.3) is 5.91 Å². The third-order valence-electron chi connectivity index (χ3n) is 2.38. The van der Waals surface area contributed by atoms with E-state index in [1.807, 2.05) is 24.4 Å². The highest BCUT2D eigenvalue weighted by Gasteiger charge is 2.18. The molecule has 3 rings (SSSR count). The van der Waals surface area contributed by atoms with Crippen LogP contribution in [-0.2, 0) is 11.2 Å². The van der Waals surface area contributed by atoms with E-state index in [-0.39, 0.29) is 5.91 Å². The van der Waals surface area contributed by atoms with Crippen molar-refractivity contribution in [2.75, 3.05) is 0 Å². The van der Waals surface area contributed by atoms with Crippen LogP contribution in [0.15, 0.2) is 24.4 Å². The molecule has 1 amide bonds. The predicted octanol–water partition coefficient (Wildman–Crippen LogP) is 1.13. The largest absolute Gasteiger partial charge is 0.378 e. The van der Waals surface area contributed by atoms with Crippen molar-refractivity contribution in [3.05, 3.63) is 30.0 Å². The number of nitrogens with one attached hydrogen (secondary N) is 2. The summed E-state index contributed by atoms with van der Waals surface area (Å²) in [7, 11) is 0. The number of aromatic amines is 1. The quantitative estimate of drug-likeness (QED) is 0.651. The fraction of sp³-hybridized carbons (Fsp3) is 0.100. The molecule has 0 spiro atoms. The molecule has 0 saturated carbocycles. The predicted molar refractivity (Wildman–Crippen MR) is 50.8 cm³/mol. The molecule has 4 nitrogen and oxygen atoms in total. The summed E-state index contributed by atoms with van der Waals surface area (Å²) in [6.07, 6.45) is 2.24. The number of hydrogen-bond donors (Lipinski definition) is 2. The Hall–Kier alpha value is -1.97. The molecule has 0 radical (unpaired) electrons. The molecular formula is C10H8N2O2. The first-order valence-corrected chi connectivity index (χ1v) is 4.39. The van der Waals surface area contributed by atoms with Gasteiger partial charge in [-0.05, 0) is 12.1 Å². The maximum Gasteiger partial charge on any atom is 0.257 e. The fourth-order valence-electron chi connectivity index (χ4n) is 1.73. The van der Waals surface area contributed by atoms with Crippen LogP contribution in [0.2, 0.25) is 0 Å². The zero-order valence-corrected chi connectivity index (χ0v) is 7.33. The number of hydrogen-bond acceptors (Lipinski definition) is 2. The van der Waals surface area contributed by atoms with Gasteiger partial charge in [0.2, 0.25) is 0 Å². The van der Waals surface area contributed by atoms with Gasteiger partial charge in [0, 0.05) is 22.7 Å². The molecule has 0 unspecified atom stereocenters. The number of aromatic nitrogens is 1. The van der Waals surface area contributed by atoms with E-state index in [1.165, 1.54) is 0 Å². The molecule has 0 atom stereocenters. The Balaban J connectivity index is 2.29. The van der Waals surface area contributed by atoms with Gasteiger partial charge in [-0.25, -0.2) is 0 Å². The summed E-state index contributed by atoms with van der Waals surface area (Å²) >= 11 is 0. The maximum atomic E-state index is 11.1. The first-order chi connectivity index (χ1) is 6.84. The standard InChI is InChI=1S/C10H8N2O2/c13-9-5-6-1-2-8-7(3-4-11-8)10(6)14-12-9/h1-4,11H,5H2,(H,12,13). The first kappa shape index (κ1) is 7.44. The van der Waals surface area contributed by atoms with Crippen LogP contribution in [0.25, 0.3) is 10.9 Å². The van der Waals surface area contributed by atoms with Crippen molar-refractivity contribution < 1.29 is 9.63 Å². The second-order valence-corrected chi connectivity index (χ2v) is 3.30. The van der Waals surface area contributed by atoms with Crippen LogP contribution in [0.1, 0.15) is 5.56 Å². The summed E-state index contributed by atoms with van der Waals surface area (Å²) in [5.74, 6) is 0.649. The van der Waals surface area contributed by atoms with Crippen LogP contribution in [0.5, 0.6) is 5.75 Å². The molecule has 2 heterocycles. The van der Waals surface area contributed by atoms with Crippen molar-refractivity contribution in [3.63, 3.8) is 0 Å². The van der Waals surface area contributed by atoms with Gasteiger partial charge >= 0.3 is 0 Å². The van der Waals surface area contributed by atoms with Crippen LogP contribution in [0.4, 0.5) is 0 Å². The van der Waals surface area contributed by atoms with Gasteiger partial charge in [0.1, 0.15) is 0 Å². The zero-order valence-electron chi connectivity index (χ0n) is 7.33. The number of fused-ring (bicyclic) bond motifs is 3. The van der Waals surface area contributed by atoms with E-state index < -0.39 is 0 Å². The van der Waals surface area contributed by atoms with Crippen molar-refractivity contribution in [1.29, 1.82) is 0 Å². The molecule has 1 aliphatic heterocycles. The highest BCUT2D eigenvalue weighted by Crippen LogP contribution is 2.30. The molecule has 0 bridgehead atoms. The number of benzene rings is 1. The molecule has 2 aromatic rings. The minimum atomic E-state index is -0.104. The summed E-state index contributed by atoms with van der Waals surface area (Å²) < 4.78 is 0. The van der Waals surface area contributed by atoms with Crippen molar-refractivity contribution in [2.24, 2.45) is 0 Å². The minimum absolute atomic E-state index is 0.104. The molecule has 1 aromatic carbocycles. The Kier molecular flexibility index (Phi) is 1.33. The molecule has 1 aromatic heterocycles. The van der Waals surface area contributed by atoms with Crippen molar-refractivity contribution in [3.8, 4) is 5.75 Å². The van der Waals surface area contributed by atoms with Gasteiger partial charge in [-0.3, -0.25) is 4.79 Å². The summed E-state index contributed by atoms with van der Waals surface area (Å²) in [5.41, 5.74) is 4.31. The Morgan fingerprint density at radius 3 is 3.14 bits per heavy atom. The third-order valence-corrected chi connectivity index (χ3v) is 2.38. The fourth-order valence-corrected chi connectivity index (χ4v) is 1.73.